The number of nitrogens with two attached hydrogens (primary N) is 1. The lowest BCUT2D eigenvalue weighted by Gasteiger charge is -2.10. The zero-order valence-corrected chi connectivity index (χ0v) is 13.2. The molecule has 3 aromatic heterocycles. The highest BCUT2D eigenvalue weighted by Crippen LogP contribution is 2.27. The molecule has 128 valence electrons. The average Bonchev–Trinajstić information content (AvgIpc) is 3.14. The summed E-state index contributed by atoms with van der Waals surface area (Å²) in [4.78, 5) is 12.6. The molecular formula is C17H11F2N7. The SMILES string of the molecule is Nc1ncc(-c2ccncc2)nc1-c1nncn1-c1cccc(F)c1F. The monoisotopic (exact) mass is 351 g/mol. The summed E-state index contributed by atoms with van der Waals surface area (Å²) in [6.45, 7) is 0. The Labute approximate surface area is 146 Å². The van der Waals surface area contributed by atoms with Crippen LogP contribution < -0.4 is 5.73 Å². The normalized spacial score (nSPS) is 10.8. The van der Waals surface area contributed by atoms with Crippen LogP contribution in [-0.2, 0) is 0 Å². The first-order valence-corrected chi connectivity index (χ1v) is 7.53. The molecule has 4 aromatic rings. The zero-order chi connectivity index (χ0) is 18.1. The molecule has 0 atom stereocenters. The predicted octanol–water partition coefficient (Wildman–Crippen LogP) is 2.65. The Bertz CT molecular complexity index is 1080. The van der Waals surface area contributed by atoms with Crippen LogP contribution in [0.25, 0.3) is 28.5 Å². The molecule has 3 heterocycles. The molecule has 0 saturated heterocycles. The fraction of sp³-hybridized carbons (Fsp3) is 0. The van der Waals surface area contributed by atoms with E-state index < -0.39 is 11.6 Å². The van der Waals surface area contributed by atoms with Crippen molar-refractivity contribution in [3.05, 3.63) is 66.9 Å². The van der Waals surface area contributed by atoms with Gasteiger partial charge in [-0.05, 0) is 24.3 Å². The first kappa shape index (κ1) is 15.8. The Morgan fingerprint density at radius 3 is 2.65 bits per heavy atom. The maximum atomic E-state index is 14.2. The van der Waals surface area contributed by atoms with E-state index in [0.717, 1.165) is 11.6 Å². The lowest BCUT2D eigenvalue weighted by atomic mass is 10.2. The molecule has 0 fully saturated rings. The van der Waals surface area contributed by atoms with E-state index in [1.165, 1.54) is 29.2 Å². The van der Waals surface area contributed by atoms with Crippen LogP contribution in [0.2, 0.25) is 0 Å². The Kier molecular flexibility index (Phi) is 3.81. The van der Waals surface area contributed by atoms with Crippen molar-refractivity contribution in [2.24, 2.45) is 0 Å². The van der Waals surface area contributed by atoms with Crippen LogP contribution in [0.15, 0.2) is 55.2 Å². The van der Waals surface area contributed by atoms with E-state index in [9.17, 15) is 8.78 Å². The summed E-state index contributed by atoms with van der Waals surface area (Å²) in [6, 6.07) is 7.35. The maximum absolute atomic E-state index is 14.2. The minimum absolute atomic E-state index is 0.0551. The topological polar surface area (TPSA) is 95.4 Å². The van der Waals surface area contributed by atoms with Gasteiger partial charge in [0.05, 0.1) is 17.6 Å². The number of benzene rings is 1. The van der Waals surface area contributed by atoms with Crippen LogP contribution in [0.5, 0.6) is 0 Å². The summed E-state index contributed by atoms with van der Waals surface area (Å²) in [7, 11) is 0. The quantitative estimate of drug-likeness (QED) is 0.610. The number of nitrogens with zero attached hydrogens (tertiary/aromatic N) is 6. The van der Waals surface area contributed by atoms with E-state index in [-0.39, 0.29) is 23.0 Å². The highest BCUT2D eigenvalue weighted by atomic mass is 19.2. The largest absolute Gasteiger partial charge is 0.382 e. The highest BCUT2D eigenvalue weighted by molar-refractivity contribution is 5.69. The van der Waals surface area contributed by atoms with Crippen molar-refractivity contribution < 1.29 is 8.78 Å². The second-order valence-corrected chi connectivity index (χ2v) is 5.32. The molecule has 0 unspecified atom stereocenters. The third-order valence-corrected chi connectivity index (χ3v) is 3.73. The minimum Gasteiger partial charge on any atom is -0.382 e. The molecule has 1 aromatic carbocycles. The molecule has 0 aliphatic carbocycles. The Balaban J connectivity index is 1.88. The summed E-state index contributed by atoms with van der Waals surface area (Å²) in [6.07, 6.45) is 6.01. The van der Waals surface area contributed by atoms with E-state index in [4.69, 9.17) is 5.73 Å². The molecule has 0 radical (unpaired) electrons. The number of pyridine rings is 1. The summed E-state index contributed by atoms with van der Waals surface area (Å²) < 4.78 is 29.0. The molecule has 0 spiro atoms. The van der Waals surface area contributed by atoms with Crippen molar-refractivity contribution in [1.29, 1.82) is 0 Å². The minimum atomic E-state index is -1.02. The van der Waals surface area contributed by atoms with Crippen molar-refractivity contribution in [2.75, 3.05) is 5.73 Å². The molecule has 7 nitrogen and oxygen atoms in total. The Morgan fingerprint density at radius 2 is 1.85 bits per heavy atom. The van der Waals surface area contributed by atoms with Gasteiger partial charge in [0.25, 0.3) is 0 Å². The fourth-order valence-corrected chi connectivity index (χ4v) is 2.48. The Morgan fingerprint density at radius 1 is 1.04 bits per heavy atom. The molecule has 0 bridgehead atoms. The fourth-order valence-electron chi connectivity index (χ4n) is 2.48. The van der Waals surface area contributed by atoms with E-state index in [0.29, 0.717) is 5.69 Å². The van der Waals surface area contributed by atoms with Crippen molar-refractivity contribution in [1.82, 2.24) is 29.7 Å². The van der Waals surface area contributed by atoms with Crippen LogP contribution in [0.3, 0.4) is 0 Å². The van der Waals surface area contributed by atoms with Gasteiger partial charge in [-0.3, -0.25) is 9.55 Å². The number of nitrogen functional groups attached to an aromatic ring is 1. The number of aromatic nitrogens is 6. The molecule has 0 saturated carbocycles. The summed E-state index contributed by atoms with van der Waals surface area (Å²) >= 11 is 0. The third-order valence-electron chi connectivity index (χ3n) is 3.73. The first-order chi connectivity index (χ1) is 12.6. The molecule has 9 heteroatoms. The van der Waals surface area contributed by atoms with E-state index in [1.807, 2.05) is 0 Å². The second-order valence-electron chi connectivity index (χ2n) is 5.32. The van der Waals surface area contributed by atoms with Crippen LogP contribution in [0, 0.1) is 11.6 Å². The van der Waals surface area contributed by atoms with Gasteiger partial charge in [-0.15, -0.1) is 10.2 Å². The number of rotatable bonds is 3. The molecule has 2 N–H and O–H groups in total. The molecule has 0 aliphatic rings. The zero-order valence-electron chi connectivity index (χ0n) is 13.2. The standard InChI is InChI=1S/C17H11F2N7/c18-11-2-1-3-13(14(11)19)26-9-23-25-17(26)15-16(20)22-8-12(24-15)10-4-6-21-7-5-10/h1-9H,(H2,20,22). The first-order valence-electron chi connectivity index (χ1n) is 7.53. The molecule has 26 heavy (non-hydrogen) atoms. The number of halogens is 2. The predicted molar refractivity (Wildman–Crippen MR) is 89.9 cm³/mol. The van der Waals surface area contributed by atoms with Crippen LogP contribution in [0.1, 0.15) is 0 Å². The van der Waals surface area contributed by atoms with Gasteiger partial charge in [-0.2, -0.15) is 0 Å². The van der Waals surface area contributed by atoms with Crippen molar-refractivity contribution in [3.8, 4) is 28.5 Å². The summed E-state index contributed by atoms with van der Waals surface area (Å²) in [5.41, 5.74) is 7.40. The van der Waals surface area contributed by atoms with Crippen LogP contribution in [0.4, 0.5) is 14.6 Å². The van der Waals surface area contributed by atoms with Gasteiger partial charge in [0, 0.05) is 18.0 Å². The second kappa shape index (κ2) is 6.28. The van der Waals surface area contributed by atoms with Crippen molar-refractivity contribution >= 4 is 5.82 Å². The average molecular weight is 351 g/mol. The van der Waals surface area contributed by atoms with Gasteiger partial charge in [0.15, 0.2) is 29.0 Å². The lowest BCUT2D eigenvalue weighted by Crippen LogP contribution is -2.06. The maximum Gasteiger partial charge on any atom is 0.190 e. The molecule has 0 amide bonds. The van der Waals surface area contributed by atoms with Gasteiger partial charge < -0.3 is 5.73 Å². The van der Waals surface area contributed by atoms with Crippen molar-refractivity contribution in [2.45, 2.75) is 0 Å². The van der Waals surface area contributed by atoms with Gasteiger partial charge in [0.1, 0.15) is 6.33 Å². The number of anilines is 1. The number of hydrogen-bond acceptors (Lipinski definition) is 6. The van der Waals surface area contributed by atoms with E-state index in [2.05, 4.69) is 25.1 Å². The molecule has 4 rings (SSSR count). The van der Waals surface area contributed by atoms with Crippen LogP contribution >= 0.6 is 0 Å². The van der Waals surface area contributed by atoms with E-state index in [1.54, 1.807) is 24.5 Å². The molecular weight excluding hydrogens is 340 g/mol. The third kappa shape index (κ3) is 2.65. The van der Waals surface area contributed by atoms with Gasteiger partial charge in [-0.1, -0.05) is 6.07 Å². The van der Waals surface area contributed by atoms with E-state index >= 15 is 0 Å². The van der Waals surface area contributed by atoms with Gasteiger partial charge in [-0.25, -0.2) is 18.7 Å². The number of hydrogen-bond donors (Lipinski definition) is 1. The van der Waals surface area contributed by atoms with Crippen LogP contribution in [-0.4, -0.2) is 29.7 Å². The highest BCUT2D eigenvalue weighted by Gasteiger charge is 2.19. The van der Waals surface area contributed by atoms with Gasteiger partial charge in [0.2, 0.25) is 0 Å². The molecule has 0 aliphatic heterocycles. The van der Waals surface area contributed by atoms with Crippen molar-refractivity contribution in [3.63, 3.8) is 0 Å². The summed E-state index contributed by atoms with van der Waals surface area (Å²) in [5, 5.41) is 7.74. The lowest BCUT2D eigenvalue weighted by molar-refractivity contribution is 0.504. The summed E-state index contributed by atoms with van der Waals surface area (Å²) in [5.74, 6) is -1.76. The van der Waals surface area contributed by atoms with Gasteiger partial charge >= 0.3 is 0 Å². The Hall–Kier alpha value is -3.75. The smallest absolute Gasteiger partial charge is 0.190 e.